The van der Waals surface area contributed by atoms with Gasteiger partial charge in [0.15, 0.2) is 34.5 Å². The minimum absolute atomic E-state index is 0.289. The molecule has 4 rings (SSSR count). The van der Waals surface area contributed by atoms with Gasteiger partial charge in [0.2, 0.25) is 0 Å². The minimum atomic E-state index is -1.29. The lowest BCUT2D eigenvalue weighted by molar-refractivity contribution is 0.0695. The molecule has 0 aromatic heterocycles. The Hall–Kier alpha value is -4.27. The summed E-state index contributed by atoms with van der Waals surface area (Å²) in [6, 6.07) is 10.1. The van der Waals surface area contributed by atoms with Gasteiger partial charge >= 0.3 is 5.97 Å². The number of carboxylic acid groups (broad SMARTS) is 1. The van der Waals surface area contributed by atoms with E-state index in [1.807, 2.05) is 0 Å². The van der Waals surface area contributed by atoms with E-state index in [9.17, 15) is 4.79 Å². The lowest BCUT2D eigenvalue weighted by Gasteiger charge is -2.30. The van der Waals surface area contributed by atoms with E-state index in [0.29, 0.717) is 12.0 Å². The number of aryl methyl sites for hydroxylation is 2. The second kappa shape index (κ2) is 11.2. The standard InChI is InChI=1S/C13H18O.C7H6O5.C6H6O3/c1-8-5-10(3)12-7-9(2)11(4)14-13(12)6-8;8-4-1-3(7(11)12)2-5(9)6(4)10;7-4-2-1-3-5(8)6(4)9/h5-6,9,11H,7H2,1-4H3;1-2,8-10H,(H,11,12);1-3,7-9H. The van der Waals surface area contributed by atoms with Crippen LogP contribution in [0.4, 0.5) is 0 Å². The highest BCUT2D eigenvalue weighted by atomic mass is 16.5. The molecule has 9 nitrogen and oxygen atoms in total. The number of hydrogen-bond acceptors (Lipinski definition) is 8. The van der Waals surface area contributed by atoms with Crippen molar-refractivity contribution in [3.05, 3.63) is 64.7 Å². The van der Waals surface area contributed by atoms with Crippen molar-refractivity contribution in [2.45, 2.75) is 40.2 Å². The molecular formula is C26H30O9. The Bertz CT molecular complexity index is 1160. The highest BCUT2D eigenvalue weighted by molar-refractivity contribution is 5.89. The third-order valence-corrected chi connectivity index (χ3v) is 5.53. The van der Waals surface area contributed by atoms with Gasteiger partial charge in [0.1, 0.15) is 5.75 Å². The van der Waals surface area contributed by atoms with Gasteiger partial charge in [-0.15, -0.1) is 0 Å². The predicted octanol–water partition coefficient (Wildman–Crippen LogP) is 4.57. The quantitative estimate of drug-likeness (QED) is 0.244. The van der Waals surface area contributed by atoms with Crippen LogP contribution in [0.3, 0.4) is 0 Å². The Morgan fingerprint density at radius 1 is 0.829 bits per heavy atom. The average Bonchev–Trinajstić information content (AvgIpc) is 2.77. The summed E-state index contributed by atoms with van der Waals surface area (Å²) in [5.41, 5.74) is 3.78. The van der Waals surface area contributed by atoms with Crippen LogP contribution in [-0.2, 0) is 6.42 Å². The molecule has 2 atom stereocenters. The van der Waals surface area contributed by atoms with Crippen molar-refractivity contribution in [3.8, 4) is 40.2 Å². The van der Waals surface area contributed by atoms with Crippen LogP contribution < -0.4 is 4.74 Å². The molecule has 3 aromatic rings. The van der Waals surface area contributed by atoms with Crippen molar-refractivity contribution in [2.75, 3.05) is 0 Å². The fourth-order valence-electron chi connectivity index (χ4n) is 3.38. The van der Waals surface area contributed by atoms with Crippen LogP contribution in [0, 0.1) is 19.8 Å². The van der Waals surface area contributed by atoms with Gasteiger partial charge in [0.05, 0.1) is 11.7 Å². The molecule has 0 saturated heterocycles. The fourth-order valence-corrected chi connectivity index (χ4v) is 3.38. The van der Waals surface area contributed by atoms with Crippen molar-refractivity contribution in [1.29, 1.82) is 0 Å². The Balaban J connectivity index is 0.000000190. The van der Waals surface area contributed by atoms with Crippen LogP contribution >= 0.6 is 0 Å². The normalized spacial score (nSPS) is 15.9. The number of hydrogen-bond donors (Lipinski definition) is 7. The molecule has 188 valence electrons. The van der Waals surface area contributed by atoms with Gasteiger partial charge < -0.3 is 40.5 Å². The first-order valence-electron chi connectivity index (χ1n) is 10.8. The summed E-state index contributed by atoms with van der Waals surface area (Å²) in [6.07, 6.45) is 1.51. The van der Waals surface area contributed by atoms with Crippen LogP contribution in [0.25, 0.3) is 0 Å². The van der Waals surface area contributed by atoms with Crippen LogP contribution in [0.2, 0.25) is 0 Å². The van der Waals surface area contributed by atoms with Gasteiger partial charge in [-0.2, -0.15) is 0 Å². The van der Waals surface area contributed by atoms with Crippen molar-refractivity contribution in [1.82, 2.24) is 0 Å². The average molecular weight is 487 g/mol. The van der Waals surface area contributed by atoms with Crippen LogP contribution in [-0.4, -0.2) is 47.8 Å². The minimum Gasteiger partial charge on any atom is -0.504 e. The van der Waals surface area contributed by atoms with Gasteiger partial charge in [-0.3, -0.25) is 0 Å². The number of para-hydroxylation sites is 1. The van der Waals surface area contributed by atoms with E-state index in [1.54, 1.807) is 0 Å². The summed E-state index contributed by atoms with van der Waals surface area (Å²) in [4.78, 5) is 10.3. The van der Waals surface area contributed by atoms with Crippen LogP contribution in [0.1, 0.15) is 40.9 Å². The molecule has 0 fully saturated rings. The van der Waals surface area contributed by atoms with Crippen LogP contribution in [0.5, 0.6) is 40.2 Å². The van der Waals surface area contributed by atoms with Crippen molar-refractivity contribution < 1.29 is 45.3 Å². The van der Waals surface area contributed by atoms with Gasteiger partial charge in [-0.1, -0.05) is 19.1 Å². The number of aromatic hydroxyl groups is 6. The summed E-state index contributed by atoms with van der Waals surface area (Å²) >= 11 is 0. The summed E-state index contributed by atoms with van der Waals surface area (Å²) in [5.74, 6) is -2.69. The summed E-state index contributed by atoms with van der Waals surface area (Å²) in [7, 11) is 0. The number of benzene rings is 3. The SMILES string of the molecule is Cc1cc(C)c2c(c1)OC(C)C(C)C2.O=C(O)c1cc(O)c(O)c(O)c1.Oc1cccc(O)c1O. The van der Waals surface area contributed by atoms with E-state index in [1.165, 1.54) is 34.9 Å². The Labute approximate surface area is 202 Å². The van der Waals surface area contributed by atoms with Crippen molar-refractivity contribution in [3.63, 3.8) is 0 Å². The molecule has 9 heteroatoms. The van der Waals surface area contributed by atoms with E-state index >= 15 is 0 Å². The molecule has 0 spiro atoms. The first-order chi connectivity index (χ1) is 16.3. The first kappa shape index (κ1) is 27.0. The molecule has 0 radical (unpaired) electrons. The highest BCUT2D eigenvalue weighted by Gasteiger charge is 2.24. The number of carboxylic acids is 1. The Morgan fingerprint density at radius 2 is 1.34 bits per heavy atom. The fraction of sp³-hybridized carbons (Fsp3) is 0.269. The maximum absolute atomic E-state index is 10.3. The predicted molar refractivity (Wildman–Crippen MR) is 129 cm³/mol. The number of fused-ring (bicyclic) bond motifs is 1. The summed E-state index contributed by atoms with van der Waals surface area (Å²) in [5, 5.41) is 61.0. The molecule has 35 heavy (non-hydrogen) atoms. The van der Waals surface area contributed by atoms with Gasteiger partial charge in [-0.05, 0) is 80.1 Å². The maximum atomic E-state index is 10.3. The van der Waals surface area contributed by atoms with Gasteiger partial charge in [0.25, 0.3) is 0 Å². The van der Waals surface area contributed by atoms with Gasteiger partial charge in [-0.25, -0.2) is 4.79 Å². The highest BCUT2D eigenvalue weighted by Crippen LogP contribution is 2.36. The Kier molecular flexibility index (Phi) is 8.66. The zero-order valence-electron chi connectivity index (χ0n) is 19.9. The number of carbonyl (C=O) groups is 1. The summed E-state index contributed by atoms with van der Waals surface area (Å²) in [6.45, 7) is 8.72. The monoisotopic (exact) mass is 486 g/mol. The van der Waals surface area contributed by atoms with Crippen LogP contribution in [0.15, 0.2) is 42.5 Å². The lowest BCUT2D eigenvalue weighted by Crippen LogP contribution is -2.28. The third kappa shape index (κ3) is 6.86. The van der Waals surface area contributed by atoms with E-state index in [4.69, 9.17) is 40.5 Å². The molecule has 0 amide bonds. The molecule has 7 N–H and O–H groups in total. The van der Waals surface area contributed by atoms with Crippen molar-refractivity contribution in [2.24, 2.45) is 5.92 Å². The molecule has 0 bridgehead atoms. The molecule has 1 aliphatic rings. The zero-order valence-corrected chi connectivity index (χ0v) is 19.9. The number of ether oxygens (including phenoxy) is 1. The Morgan fingerprint density at radius 3 is 1.83 bits per heavy atom. The summed E-state index contributed by atoms with van der Waals surface area (Å²) < 4.78 is 5.91. The van der Waals surface area contributed by atoms with Gasteiger partial charge in [0, 0.05) is 0 Å². The molecule has 2 unspecified atom stereocenters. The number of rotatable bonds is 1. The first-order valence-corrected chi connectivity index (χ1v) is 10.8. The smallest absolute Gasteiger partial charge is 0.335 e. The molecule has 1 heterocycles. The zero-order chi connectivity index (χ0) is 26.4. The molecule has 0 saturated carbocycles. The van der Waals surface area contributed by atoms with E-state index in [0.717, 1.165) is 24.3 Å². The third-order valence-electron chi connectivity index (χ3n) is 5.53. The van der Waals surface area contributed by atoms with E-state index in [2.05, 4.69) is 39.8 Å². The molecule has 1 aliphatic heterocycles. The number of aromatic carboxylic acids is 1. The topological polar surface area (TPSA) is 168 Å². The molecule has 3 aromatic carbocycles. The second-order valence-electron chi connectivity index (χ2n) is 8.38. The second-order valence-corrected chi connectivity index (χ2v) is 8.38. The van der Waals surface area contributed by atoms with E-state index < -0.39 is 29.0 Å². The molecule has 0 aliphatic carbocycles. The van der Waals surface area contributed by atoms with E-state index in [-0.39, 0.29) is 17.1 Å². The number of phenols is 6. The lowest BCUT2D eigenvalue weighted by atomic mass is 9.90. The maximum Gasteiger partial charge on any atom is 0.335 e. The number of phenolic OH excluding ortho intramolecular Hbond substituents is 6. The van der Waals surface area contributed by atoms with Crippen molar-refractivity contribution >= 4 is 5.97 Å². The largest absolute Gasteiger partial charge is 0.504 e. The molecular weight excluding hydrogens is 456 g/mol.